The molecule has 1 aliphatic heterocycles. The van der Waals surface area contributed by atoms with Gasteiger partial charge in [0.25, 0.3) is 0 Å². The summed E-state index contributed by atoms with van der Waals surface area (Å²) in [5.41, 5.74) is 5.53. The maximum absolute atomic E-state index is 3.40. The Morgan fingerprint density at radius 3 is 2.52 bits per heavy atom. The van der Waals surface area contributed by atoms with Gasteiger partial charge in [0.15, 0.2) is 0 Å². The number of fused-ring (bicyclic) bond motifs is 1. The summed E-state index contributed by atoms with van der Waals surface area (Å²) in [6.07, 6.45) is 5.77. The molecule has 23 heavy (non-hydrogen) atoms. The van der Waals surface area contributed by atoms with E-state index < -0.39 is 0 Å². The van der Waals surface area contributed by atoms with Gasteiger partial charge in [-0.25, -0.2) is 0 Å². The average molecular weight is 325 g/mol. The van der Waals surface area contributed by atoms with E-state index in [2.05, 4.69) is 76.8 Å². The van der Waals surface area contributed by atoms with Crippen LogP contribution in [0.4, 0.5) is 0 Å². The fourth-order valence-corrected chi connectivity index (χ4v) is 3.28. The summed E-state index contributed by atoms with van der Waals surface area (Å²) < 4.78 is 2.38. The predicted octanol–water partition coefficient (Wildman–Crippen LogP) is 4.49. The van der Waals surface area contributed by atoms with E-state index in [4.69, 9.17) is 0 Å². The molecule has 118 valence electrons. The van der Waals surface area contributed by atoms with Crippen molar-refractivity contribution in [2.75, 3.05) is 13.1 Å². The maximum Gasteiger partial charge on any atom is 0.0489 e. The first-order valence-electron chi connectivity index (χ1n) is 7.94. The first-order valence-corrected chi connectivity index (χ1v) is 7.94. The molecule has 0 bridgehead atoms. The lowest BCUT2D eigenvalue weighted by Gasteiger charge is -2.13. The smallest absolute Gasteiger partial charge is 0.0489 e. The molecule has 1 N–H and O–H groups in total. The van der Waals surface area contributed by atoms with Crippen molar-refractivity contribution >= 4 is 28.9 Å². The van der Waals surface area contributed by atoms with Crippen molar-refractivity contribution in [1.82, 2.24) is 9.88 Å². The molecular weight excluding hydrogens is 304 g/mol. The number of halogens is 1. The molecule has 1 aliphatic rings. The summed E-state index contributed by atoms with van der Waals surface area (Å²) in [5, 5.41) is 4.76. The topological polar surface area (TPSA) is 17.0 Å². The van der Waals surface area contributed by atoms with Crippen LogP contribution in [0, 0.1) is 0 Å². The standard InChI is InChI=1S/C20H20N2.ClH/c1-2-6-16(7-3-1)14-22-15-19(17-10-12-21-13-11-17)18-8-4-5-9-20(18)22;/h1-10,15,21H,11-14H2;1H. The highest BCUT2D eigenvalue weighted by Gasteiger charge is 2.13. The molecule has 0 fully saturated rings. The molecule has 1 aromatic heterocycles. The molecule has 0 unspecified atom stereocenters. The summed E-state index contributed by atoms with van der Waals surface area (Å²) in [5.74, 6) is 0. The second-order valence-corrected chi connectivity index (χ2v) is 5.86. The molecule has 4 rings (SSSR count). The third-order valence-electron chi connectivity index (χ3n) is 4.39. The zero-order valence-electron chi connectivity index (χ0n) is 13.0. The summed E-state index contributed by atoms with van der Waals surface area (Å²) in [7, 11) is 0. The lowest BCUT2D eigenvalue weighted by molar-refractivity contribution is 0.738. The van der Waals surface area contributed by atoms with Crippen LogP contribution in [0.5, 0.6) is 0 Å². The van der Waals surface area contributed by atoms with E-state index in [1.165, 1.54) is 27.6 Å². The van der Waals surface area contributed by atoms with Crippen molar-refractivity contribution in [2.45, 2.75) is 13.0 Å². The molecule has 0 radical (unpaired) electrons. The van der Waals surface area contributed by atoms with Crippen molar-refractivity contribution in [3.63, 3.8) is 0 Å². The van der Waals surface area contributed by atoms with Crippen LogP contribution in [0.15, 0.2) is 66.9 Å². The van der Waals surface area contributed by atoms with Crippen LogP contribution in [0.2, 0.25) is 0 Å². The fourth-order valence-electron chi connectivity index (χ4n) is 3.28. The van der Waals surface area contributed by atoms with Gasteiger partial charge in [-0.3, -0.25) is 0 Å². The molecule has 0 atom stereocenters. The Hall–Kier alpha value is -2.03. The van der Waals surface area contributed by atoms with E-state index in [1.807, 2.05) is 0 Å². The largest absolute Gasteiger partial charge is 0.342 e. The van der Waals surface area contributed by atoms with Gasteiger partial charge in [-0.1, -0.05) is 54.6 Å². The third-order valence-corrected chi connectivity index (χ3v) is 4.39. The van der Waals surface area contributed by atoms with E-state index in [1.54, 1.807) is 0 Å². The lowest BCUT2D eigenvalue weighted by Crippen LogP contribution is -2.19. The van der Waals surface area contributed by atoms with Crippen LogP contribution >= 0.6 is 12.4 Å². The molecule has 0 saturated heterocycles. The van der Waals surface area contributed by atoms with E-state index in [0.29, 0.717) is 0 Å². The monoisotopic (exact) mass is 324 g/mol. The van der Waals surface area contributed by atoms with Crippen LogP contribution in [-0.4, -0.2) is 17.7 Å². The minimum Gasteiger partial charge on any atom is -0.342 e. The second kappa shape index (κ2) is 7.03. The number of nitrogens with zero attached hydrogens (tertiary/aromatic N) is 1. The molecule has 3 aromatic rings. The summed E-state index contributed by atoms with van der Waals surface area (Å²) >= 11 is 0. The second-order valence-electron chi connectivity index (χ2n) is 5.86. The van der Waals surface area contributed by atoms with E-state index in [0.717, 1.165) is 26.1 Å². The van der Waals surface area contributed by atoms with Crippen LogP contribution < -0.4 is 5.32 Å². The number of rotatable bonds is 3. The lowest BCUT2D eigenvalue weighted by atomic mass is 10.00. The maximum atomic E-state index is 3.40. The van der Waals surface area contributed by atoms with E-state index in [-0.39, 0.29) is 12.4 Å². The Labute approximate surface area is 143 Å². The van der Waals surface area contributed by atoms with Crippen molar-refractivity contribution < 1.29 is 0 Å². The minimum absolute atomic E-state index is 0. The van der Waals surface area contributed by atoms with E-state index >= 15 is 0 Å². The molecule has 2 heterocycles. The van der Waals surface area contributed by atoms with Gasteiger partial charge in [-0.05, 0) is 30.2 Å². The fraction of sp³-hybridized carbons (Fsp3) is 0.200. The SMILES string of the molecule is C1=C(c2cn(Cc3ccccc3)c3ccccc23)CCNC1.Cl. The van der Waals surface area contributed by atoms with Gasteiger partial charge in [0.1, 0.15) is 0 Å². The van der Waals surface area contributed by atoms with Crippen LogP contribution in [0.1, 0.15) is 17.5 Å². The average Bonchev–Trinajstić information content (AvgIpc) is 2.96. The highest BCUT2D eigenvalue weighted by Crippen LogP contribution is 2.30. The van der Waals surface area contributed by atoms with Gasteiger partial charge >= 0.3 is 0 Å². The van der Waals surface area contributed by atoms with Gasteiger partial charge in [0.2, 0.25) is 0 Å². The Morgan fingerprint density at radius 1 is 0.957 bits per heavy atom. The predicted molar refractivity (Wildman–Crippen MR) is 100 cm³/mol. The highest BCUT2D eigenvalue weighted by atomic mass is 35.5. The number of hydrogen-bond acceptors (Lipinski definition) is 1. The molecule has 0 saturated carbocycles. The van der Waals surface area contributed by atoms with Gasteiger partial charge in [0.05, 0.1) is 0 Å². The summed E-state index contributed by atoms with van der Waals surface area (Å²) in [6, 6.07) is 19.4. The van der Waals surface area contributed by atoms with Crippen molar-refractivity contribution in [2.24, 2.45) is 0 Å². The van der Waals surface area contributed by atoms with Gasteiger partial charge < -0.3 is 9.88 Å². The third kappa shape index (κ3) is 3.19. The molecular formula is C20H21ClN2. The van der Waals surface area contributed by atoms with Crippen molar-refractivity contribution in [3.8, 4) is 0 Å². The van der Waals surface area contributed by atoms with Crippen molar-refractivity contribution in [3.05, 3.63) is 78.0 Å². The first-order chi connectivity index (χ1) is 10.9. The zero-order valence-corrected chi connectivity index (χ0v) is 13.9. The number of benzene rings is 2. The summed E-state index contributed by atoms with van der Waals surface area (Å²) in [6.45, 7) is 2.98. The Kier molecular flexibility index (Phi) is 4.85. The Morgan fingerprint density at radius 2 is 1.74 bits per heavy atom. The zero-order chi connectivity index (χ0) is 14.8. The van der Waals surface area contributed by atoms with Gasteiger partial charge in [-0.15, -0.1) is 12.4 Å². The molecule has 2 nitrogen and oxygen atoms in total. The van der Waals surface area contributed by atoms with Crippen LogP contribution in [0.25, 0.3) is 16.5 Å². The molecule has 0 aliphatic carbocycles. The number of para-hydroxylation sites is 1. The quantitative estimate of drug-likeness (QED) is 0.751. The molecule has 3 heteroatoms. The first kappa shape index (κ1) is 15.9. The molecule has 0 amide bonds. The van der Waals surface area contributed by atoms with Gasteiger partial charge in [-0.2, -0.15) is 0 Å². The molecule has 2 aromatic carbocycles. The Balaban J connectivity index is 0.00000156. The van der Waals surface area contributed by atoms with Crippen LogP contribution in [0.3, 0.4) is 0 Å². The number of hydrogen-bond donors (Lipinski definition) is 1. The van der Waals surface area contributed by atoms with E-state index in [9.17, 15) is 0 Å². The summed E-state index contributed by atoms with van der Waals surface area (Å²) in [4.78, 5) is 0. The normalized spacial score (nSPS) is 14.3. The molecule has 0 spiro atoms. The number of aromatic nitrogens is 1. The van der Waals surface area contributed by atoms with Crippen molar-refractivity contribution in [1.29, 1.82) is 0 Å². The van der Waals surface area contributed by atoms with Crippen LogP contribution in [-0.2, 0) is 6.54 Å². The Bertz CT molecular complexity index is 818. The number of nitrogens with one attached hydrogen (secondary N) is 1. The minimum atomic E-state index is 0. The van der Waals surface area contributed by atoms with Gasteiger partial charge in [0, 0.05) is 35.8 Å². The highest BCUT2D eigenvalue weighted by molar-refractivity contribution is 5.93.